The third kappa shape index (κ3) is 2.69. The van der Waals surface area contributed by atoms with Crippen molar-refractivity contribution in [2.24, 2.45) is 5.92 Å². The van der Waals surface area contributed by atoms with E-state index in [1.54, 1.807) is 6.07 Å². The summed E-state index contributed by atoms with van der Waals surface area (Å²) in [5.41, 5.74) is 7.10. The molecule has 0 aliphatic carbocycles. The number of hydrogen-bond donors (Lipinski definition) is 1. The van der Waals surface area contributed by atoms with Crippen LogP contribution in [0.5, 0.6) is 0 Å². The molecule has 1 aliphatic heterocycles. The molecular formula is C14H19BrN2O. The van der Waals surface area contributed by atoms with Crippen LogP contribution in [-0.4, -0.2) is 23.9 Å². The van der Waals surface area contributed by atoms with E-state index in [0.29, 0.717) is 15.7 Å². The fourth-order valence-electron chi connectivity index (χ4n) is 2.43. The van der Waals surface area contributed by atoms with Gasteiger partial charge in [0, 0.05) is 18.8 Å². The van der Waals surface area contributed by atoms with Crippen LogP contribution in [0.25, 0.3) is 0 Å². The van der Waals surface area contributed by atoms with E-state index in [9.17, 15) is 4.79 Å². The molecule has 4 heteroatoms. The van der Waals surface area contributed by atoms with Crippen LogP contribution >= 0.6 is 15.9 Å². The molecule has 1 saturated heterocycles. The zero-order valence-corrected chi connectivity index (χ0v) is 12.2. The summed E-state index contributed by atoms with van der Waals surface area (Å²) >= 11 is 3.40. The third-order valence-corrected chi connectivity index (χ3v) is 4.62. The van der Waals surface area contributed by atoms with Crippen molar-refractivity contribution in [1.82, 2.24) is 4.90 Å². The van der Waals surface area contributed by atoms with E-state index in [2.05, 4.69) is 22.9 Å². The predicted octanol–water partition coefficient (Wildman–Crippen LogP) is 3.29. The number of nitrogens with two attached hydrogens (primary N) is 1. The Kier molecular flexibility index (Phi) is 4.27. The van der Waals surface area contributed by atoms with Crippen molar-refractivity contribution in [3.05, 3.63) is 28.2 Å². The SMILES string of the molecule is CCC1CCN(C(=O)c2cccc(N)c2Br)CC1. The molecule has 1 amide bonds. The van der Waals surface area contributed by atoms with Gasteiger partial charge in [-0.3, -0.25) is 4.79 Å². The summed E-state index contributed by atoms with van der Waals surface area (Å²) in [7, 11) is 0. The molecule has 0 spiro atoms. The first-order chi connectivity index (χ1) is 8.63. The molecular weight excluding hydrogens is 292 g/mol. The molecule has 3 nitrogen and oxygen atoms in total. The van der Waals surface area contributed by atoms with E-state index in [1.165, 1.54) is 6.42 Å². The number of hydrogen-bond acceptors (Lipinski definition) is 2. The Bertz CT molecular complexity index is 439. The summed E-state index contributed by atoms with van der Waals surface area (Å²) in [4.78, 5) is 14.3. The highest BCUT2D eigenvalue weighted by molar-refractivity contribution is 9.10. The van der Waals surface area contributed by atoms with Gasteiger partial charge in [-0.1, -0.05) is 19.4 Å². The van der Waals surface area contributed by atoms with Crippen LogP contribution in [0.1, 0.15) is 36.5 Å². The molecule has 2 rings (SSSR count). The Labute approximate surface area is 116 Å². The van der Waals surface area contributed by atoms with Crippen LogP contribution in [0.3, 0.4) is 0 Å². The lowest BCUT2D eigenvalue weighted by Crippen LogP contribution is -2.38. The van der Waals surface area contributed by atoms with E-state index in [1.807, 2.05) is 17.0 Å². The smallest absolute Gasteiger partial charge is 0.255 e. The first-order valence-corrected chi connectivity index (χ1v) is 7.26. The van der Waals surface area contributed by atoms with Gasteiger partial charge in [-0.2, -0.15) is 0 Å². The van der Waals surface area contributed by atoms with Crippen LogP contribution in [0, 0.1) is 5.92 Å². The number of halogens is 1. The van der Waals surface area contributed by atoms with Crippen molar-refractivity contribution < 1.29 is 4.79 Å². The molecule has 0 aromatic heterocycles. The number of amides is 1. The number of nitrogens with zero attached hydrogens (tertiary/aromatic N) is 1. The maximum absolute atomic E-state index is 12.4. The van der Waals surface area contributed by atoms with Gasteiger partial charge in [0.1, 0.15) is 0 Å². The number of benzene rings is 1. The fraction of sp³-hybridized carbons (Fsp3) is 0.500. The number of rotatable bonds is 2. The summed E-state index contributed by atoms with van der Waals surface area (Å²) in [5.74, 6) is 0.863. The second-order valence-electron chi connectivity index (χ2n) is 4.85. The molecule has 0 radical (unpaired) electrons. The van der Waals surface area contributed by atoms with Gasteiger partial charge in [-0.25, -0.2) is 0 Å². The summed E-state index contributed by atoms with van der Waals surface area (Å²) in [5, 5.41) is 0. The quantitative estimate of drug-likeness (QED) is 0.852. The summed E-state index contributed by atoms with van der Waals surface area (Å²) < 4.78 is 0.715. The summed E-state index contributed by atoms with van der Waals surface area (Å²) in [6.45, 7) is 3.94. The minimum atomic E-state index is 0.0868. The van der Waals surface area contributed by atoms with Gasteiger partial charge in [0.05, 0.1) is 10.0 Å². The van der Waals surface area contributed by atoms with Crippen LogP contribution in [-0.2, 0) is 0 Å². The Morgan fingerprint density at radius 3 is 2.72 bits per heavy atom. The van der Waals surface area contributed by atoms with Crippen molar-refractivity contribution in [3.8, 4) is 0 Å². The minimum absolute atomic E-state index is 0.0868. The molecule has 1 aromatic rings. The van der Waals surface area contributed by atoms with E-state index in [0.717, 1.165) is 31.8 Å². The van der Waals surface area contributed by atoms with Gasteiger partial charge in [0.2, 0.25) is 0 Å². The molecule has 1 heterocycles. The van der Waals surface area contributed by atoms with Gasteiger partial charge < -0.3 is 10.6 Å². The molecule has 0 unspecified atom stereocenters. The average molecular weight is 311 g/mol. The molecule has 1 aromatic carbocycles. The lowest BCUT2D eigenvalue weighted by Gasteiger charge is -2.31. The lowest BCUT2D eigenvalue weighted by atomic mass is 9.94. The lowest BCUT2D eigenvalue weighted by molar-refractivity contribution is 0.0688. The molecule has 98 valence electrons. The monoisotopic (exact) mass is 310 g/mol. The molecule has 1 fully saturated rings. The van der Waals surface area contributed by atoms with Crippen molar-refractivity contribution in [3.63, 3.8) is 0 Å². The van der Waals surface area contributed by atoms with E-state index in [-0.39, 0.29) is 5.91 Å². The first kappa shape index (κ1) is 13.4. The Balaban J connectivity index is 2.10. The average Bonchev–Trinajstić information content (AvgIpc) is 2.41. The van der Waals surface area contributed by atoms with Gasteiger partial charge in [-0.15, -0.1) is 0 Å². The minimum Gasteiger partial charge on any atom is -0.398 e. The van der Waals surface area contributed by atoms with E-state index in [4.69, 9.17) is 5.73 Å². The number of anilines is 1. The number of piperidine rings is 1. The number of carbonyl (C=O) groups is 1. The maximum atomic E-state index is 12.4. The van der Waals surface area contributed by atoms with E-state index >= 15 is 0 Å². The van der Waals surface area contributed by atoms with E-state index < -0.39 is 0 Å². The van der Waals surface area contributed by atoms with Gasteiger partial charge in [0.15, 0.2) is 0 Å². The summed E-state index contributed by atoms with van der Waals surface area (Å²) in [6, 6.07) is 5.45. The zero-order chi connectivity index (χ0) is 13.1. The molecule has 1 aliphatic rings. The topological polar surface area (TPSA) is 46.3 Å². The second kappa shape index (κ2) is 5.74. The van der Waals surface area contributed by atoms with Crippen molar-refractivity contribution >= 4 is 27.5 Å². The van der Waals surface area contributed by atoms with Crippen molar-refractivity contribution in [2.45, 2.75) is 26.2 Å². The molecule has 0 atom stereocenters. The molecule has 0 saturated carbocycles. The fourth-order valence-corrected chi connectivity index (χ4v) is 2.86. The van der Waals surface area contributed by atoms with Crippen molar-refractivity contribution in [1.29, 1.82) is 0 Å². The Morgan fingerprint density at radius 2 is 2.11 bits per heavy atom. The Morgan fingerprint density at radius 1 is 1.44 bits per heavy atom. The van der Waals surface area contributed by atoms with Gasteiger partial charge in [0.25, 0.3) is 5.91 Å². The standard InChI is InChI=1S/C14H19BrN2O/c1-2-10-6-8-17(9-7-10)14(18)11-4-3-5-12(16)13(11)15/h3-5,10H,2,6-9,16H2,1H3. The zero-order valence-electron chi connectivity index (χ0n) is 10.7. The highest BCUT2D eigenvalue weighted by Gasteiger charge is 2.24. The summed E-state index contributed by atoms with van der Waals surface area (Å²) in [6.07, 6.45) is 3.44. The Hall–Kier alpha value is -1.03. The highest BCUT2D eigenvalue weighted by atomic mass is 79.9. The first-order valence-electron chi connectivity index (χ1n) is 6.46. The van der Waals surface area contributed by atoms with Crippen LogP contribution in [0.4, 0.5) is 5.69 Å². The van der Waals surface area contributed by atoms with Crippen molar-refractivity contribution in [2.75, 3.05) is 18.8 Å². The largest absolute Gasteiger partial charge is 0.398 e. The third-order valence-electron chi connectivity index (χ3n) is 3.74. The highest BCUT2D eigenvalue weighted by Crippen LogP contribution is 2.27. The van der Waals surface area contributed by atoms with Gasteiger partial charge >= 0.3 is 0 Å². The maximum Gasteiger partial charge on any atom is 0.255 e. The molecule has 2 N–H and O–H groups in total. The molecule has 18 heavy (non-hydrogen) atoms. The normalized spacial score (nSPS) is 16.9. The van der Waals surface area contributed by atoms with Crippen LogP contribution in [0.15, 0.2) is 22.7 Å². The number of nitrogen functional groups attached to an aromatic ring is 1. The number of carbonyl (C=O) groups excluding carboxylic acids is 1. The molecule has 0 bridgehead atoms. The predicted molar refractivity (Wildman–Crippen MR) is 77.5 cm³/mol. The van der Waals surface area contributed by atoms with Crippen LogP contribution in [0.2, 0.25) is 0 Å². The van der Waals surface area contributed by atoms with Crippen LogP contribution < -0.4 is 5.73 Å². The second-order valence-corrected chi connectivity index (χ2v) is 5.65. The van der Waals surface area contributed by atoms with Gasteiger partial charge in [-0.05, 0) is 46.8 Å². The number of likely N-dealkylation sites (tertiary alicyclic amines) is 1.